The van der Waals surface area contributed by atoms with Gasteiger partial charge in [-0.25, -0.2) is 0 Å². The number of allylic oxidation sites excluding steroid dienone is 2. The molecule has 0 fully saturated rings. The van der Waals surface area contributed by atoms with Gasteiger partial charge in [0, 0.05) is 25.5 Å². The maximum Gasteiger partial charge on any atom is 0.136 e. The summed E-state index contributed by atoms with van der Waals surface area (Å²) in [5.74, 6) is 0.362. The van der Waals surface area contributed by atoms with Crippen molar-refractivity contribution in [1.29, 1.82) is 0 Å². The first kappa shape index (κ1) is 13.1. The summed E-state index contributed by atoms with van der Waals surface area (Å²) in [6, 6.07) is 2.62. The van der Waals surface area contributed by atoms with Crippen LogP contribution in [0, 0.1) is 0 Å². The second-order valence-corrected chi connectivity index (χ2v) is 5.04. The van der Waals surface area contributed by atoms with E-state index in [2.05, 4.69) is 42.0 Å². The van der Waals surface area contributed by atoms with Gasteiger partial charge in [0.15, 0.2) is 0 Å². The van der Waals surface area contributed by atoms with Gasteiger partial charge < -0.3 is 0 Å². The van der Waals surface area contributed by atoms with Gasteiger partial charge in [-0.15, -0.1) is 0 Å². The normalized spacial score (nSPS) is 16.2. The average Bonchev–Trinajstić information content (AvgIpc) is 2.82. The molecule has 1 aliphatic rings. The van der Waals surface area contributed by atoms with E-state index in [-0.39, 0.29) is 0 Å². The fourth-order valence-electron chi connectivity index (χ4n) is 2.49. The van der Waals surface area contributed by atoms with Crippen LogP contribution in [0.15, 0.2) is 23.9 Å². The van der Waals surface area contributed by atoms with Crippen LogP contribution in [0.3, 0.4) is 0 Å². The minimum Gasteiger partial charge on any atom is -0.299 e. The highest BCUT2D eigenvalue weighted by Crippen LogP contribution is 2.20. The number of carbonyl (C=O) groups excluding carboxylic acids is 1. The van der Waals surface area contributed by atoms with E-state index in [4.69, 9.17) is 0 Å². The second kappa shape index (κ2) is 5.98. The summed E-state index contributed by atoms with van der Waals surface area (Å²) in [6.07, 6.45) is 9.55. The number of hydrogen-bond acceptors (Lipinski definition) is 2. The summed E-state index contributed by atoms with van der Waals surface area (Å²) in [5.41, 5.74) is 2.49. The monoisotopic (exact) mass is 246 g/mol. The van der Waals surface area contributed by atoms with Gasteiger partial charge in [-0.05, 0) is 25.3 Å². The SMILES string of the molecule is CCC(CC)n1ccc(CC2=CCC(=O)CC2)n1. The average molecular weight is 246 g/mol. The molecule has 0 N–H and O–H groups in total. The zero-order valence-corrected chi connectivity index (χ0v) is 11.4. The van der Waals surface area contributed by atoms with Crippen LogP contribution in [0.2, 0.25) is 0 Å². The third kappa shape index (κ3) is 3.09. The molecule has 1 aromatic heterocycles. The highest BCUT2D eigenvalue weighted by molar-refractivity contribution is 5.81. The van der Waals surface area contributed by atoms with Crippen LogP contribution in [0.25, 0.3) is 0 Å². The van der Waals surface area contributed by atoms with Crippen molar-refractivity contribution in [2.24, 2.45) is 0 Å². The Labute approximate surface area is 109 Å². The Kier molecular flexibility index (Phi) is 4.34. The van der Waals surface area contributed by atoms with E-state index in [0.717, 1.165) is 31.4 Å². The van der Waals surface area contributed by atoms with E-state index in [1.165, 1.54) is 5.57 Å². The molecule has 0 aromatic carbocycles. The number of nitrogens with zero attached hydrogens (tertiary/aromatic N) is 2. The van der Waals surface area contributed by atoms with E-state index in [1.807, 2.05) is 0 Å². The van der Waals surface area contributed by atoms with Gasteiger partial charge in [0.25, 0.3) is 0 Å². The Balaban J connectivity index is 2.00. The largest absolute Gasteiger partial charge is 0.299 e. The summed E-state index contributed by atoms with van der Waals surface area (Å²) in [5, 5.41) is 4.66. The molecular weight excluding hydrogens is 224 g/mol. The molecule has 0 saturated heterocycles. The Morgan fingerprint density at radius 1 is 1.33 bits per heavy atom. The summed E-state index contributed by atoms with van der Waals surface area (Å²) >= 11 is 0. The molecule has 0 bridgehead atoms. The first-order chi connectivity index (χ1) is 8.72. The van der Waals surface area contributed by atoms with Crippen molar-refractivity contribution >= 4 is 5.78 Å². The molecule has 0 aliphatic heterocycles. The number of Topliss-reactive ketones (excluding diaryl/α,β-unsaturated/α-hetero) is 1. The van der Waals surface area contributed by atoms with Gasteiger partial charge in [-0.1, -0.05) is 25.5 Å². The van der Waals surface area contributed by atoms with Gasteiger partial charge in [-0.2, -0.15) is 5.10 Å². The molecule has 3 heteroatoms. The molecule has 0 saturated carbocycles. The number of ketones is 1. The molecule has 2 rings (SSSR count). The fourth-order valence-corrected chi connectivity index (χ4v) is 2.49. The second-order valence-electron chi connectivity index (χ2n) is 5.04. The van der Waals surface area contributed by atoms with Gasteiger partial charge in [-0.3, -0.25) is 9.48 Å². The maximum absolute atomic E-state index is 11.2. The lowest BCUT2D eigenvalue weighted by Gasteiger charge is -2.13. The predicted molar refractivity (Wildman–Crippen MR) is 72.5 cm³/mol. The third-order valence-corrected chi connectivity index (χ3v) is 3.73. The molecular formula is C15H22N2O. The van der Waals surface area contributed by atoms with Gasteiger partial charge in [0.2, 0.25) is 0 Å². The predicted octanol–water partition coefficient (Wildman–Crippen LogP) is 3.47. The van der Waals surface area contributed by atoms with Crippen LogP contribution in [0.4, 0.5) is 0 Å². The van der Waals surface area contributed by atoms with Crippen LogP contribution < -0.4 is 0 Å². The smallest absolute Gasteiger partial charge is 0.136 e. The minimum absolute atomic E-state index is 0.362. The lowest BCUT2D eigenvalue weighted by molar-refractivity contribution is -0.118. The molecule has 18 heavy (non-hydrogen) atoms. The van der Waals surface area contributed by atoms with Crippen molar-refractivity contribution in [2.75, 3.05) is 0 Å². The fraction of sp³-hybridized carbons (Fsp3) is 0.600. The lowest BCUT2D eigenvalue weighted by atomic mass is 9.95. The van der Waals surface area contributed by atoms with Gasteiger partial charge >= 0.3 is 0 Å². The van der Waals surface area contributed by atoms with Gasteiger partial charge in [0.05, 0.1) is 11.7 Å². The highest BCUT2D eigenvalue weighted by atomic mass is 16.1. The van der Waals surface area contributed by atoms with Crippen molar-refractivity contribution in [1.82, 2.24) is 9.78 Å². The number of aromatic nitrogens is 2. The Bertz CT molecular complexity index is 441. The lowest BCUT2D eigenvalue weighted by Crippen LogP contribution is -2.09. The molecule has 98 valence electrons. The molecule has 0 spiro atoms. The van der Waals surface area contributed by atoms with E-state index in [9.17, 15) is 4.79 Å². The quantitative estimate of drug-likeness (QED) is 0.746. The zero-order valence-electron chi connectivity index (χ0n) is 11.4. The van der Waals surface area contributed by atoms with Crippen LogP contribution in [-0.2, 0) is 11.2 Å². The van der Waals surface area contributed by atoms with Crippen molar-refractivity contribution in [3.8, 4) is 0 Å². The van der Waals surface area contributed by atoms with E-state index in [1.54, 1.807) is 0 Å². The molecule has 0 unspecified atom stereocenters. The summed E-state index contributed by atoms with van der Waals surface area (Å²) in [4.78, 5) is 11.2. The number of hydrogen-bond donors (Lipinski definition) is 0. The van der Waals surface area contributed by atoms with Crippen LogP contribution in [0.5, 0.6) is 0 Å². The minimum atomic E-state index is 0.362. The van der Waals surface area contributed by atoms with E-state index >= 15 is 0 Å². The standard InChI is InChI=1S/C15H22N2O/c1-3-14(4-2)17-10-9-13(16-17)11-12-5-7-15(18)8-6-12/h5,9-10,14H,3-4,6-8,11H2,1-2H3. The number of rotatable bonds is 5. The highest BCUT2D eigenvalue weighted by Gasteiger charge is 2.13. The van der Waals surface area contributed by atoms with Crippen molar-refractivity contribution in [3.63, 3.8) is 0 Å². The zero-order chi connectivity index (χ0) is 13.0. The summed E-state index contributed by atoms with van der Waals surface area (Å²) in [7, 11) is 0. The van der Waals surface area contributed by atoms with Crippen LogP contribution >= 0.6 is 0 Å². The van der Waals surface area contributed by atoms with E-state index < -0.39 is 0 Å². The molecule has 0 radical (unpaired) electrons. The Hall–Kier alpha value is -1.38. The first-order valence-corrected chi connectivity index (χ1v) is 6.96. The molecule has 1 heterocycles. The number of carbonyl (C=O) groups is 1. The maximum atomic E-state index is 11.2. The molecule has 1 aliphatic carbocycles. The van der Waals surface area contributed by atoms with Gasteiger partial charge in [0.1, 0.15) is 5.78 Å². The molecule has 0 atom stereocenters. The van der Waals surface area contributed by atoms with Crippen LogP contribution in [0.1, 0.15) is 57.7 Å². The topological polar surface area (TPSA) is 34.9 Å². The molecule has 3 nitrogen and oxygen atoms in total. The summed E-state index contributed by atoms with van der Waals surface area (Å²) < 4.78 is 2.09. The molecule has 0 amide bonds. The Morgan fingerprint density at radius 3 is 2.72 bits per heavy atom. The van der Waals surface area contributed by atoms with Crippen molar-refractivity contribution in [3.05, 3.63) is 29.6 Å². The third-order valence-electron chi connectivity index (χ3n) is 3.73. The molecule has 1 aromatic rings. The first-order valence-electron chi connectivity index (χ1n) is 6.96. The van der Waals surface area contributed by atoms with Crippen LogP contribution in [-0.4, -0.2) is 15.6 Å². The van der Waals surface area contributed by atoms with Crippen molar-refractivity contribution in [2.45, 2.75) is 58.4 Å². The summed E-state index contributed by atoms with van der Waals surface area (Å²) in [6.45, 7) is 4.40. The van der Waals surface area contributed by atoms with E-state index in [0.29, 0.717) is 24.7 Å². The Morgan fingerprint density at radius 2 is 2.11 bits per heavy atom. The van der Waals surface area contributed by atoms with Crippen molar-refractivity contribution < 1.29 is 4.79 Å².